The van der Waals surface area contributed by atoms with E-state index >= 15 is 0 Å². The van der Waals surface area contributed by atoms with Gasteiger partial charge in [-0.15, -0.1) is 0 Å². The Morgan fingerprint density at radius 1 is 1.14 bits per heavy atom. The van der Waals surface area contributed by atoms with Crippen LogP contribution in [0.4, 0.5) is 0 Å². The van der Waals surface area contributed by atoms with E-state index in [0.717, 1.165) is 25.7 Å². The van der Waals surface area contributed by atoms with E-state index in [4.69, 9.17) is 32.4 Å². The van der Waals surface area contributed by atoms with E-state index in [1.807, 2.05) is 0 Å². The van der Waals surface area contributed by atoms with Crippen molar-refractivity contribution in [2.24, 2.45) is 5.92 Å². The minimum atomic E-state index is -3.87. The van der Waals surface area contributed by atoms with E-state index in [1.165, 1.54) is 35.2 Å². The quantitative estimate of drug-likeness (QED) is 0.471. The number of ether oxygens (including phenoxy) is 1. The molecule has 1 aliphatic heterocycles. The number of benzene rings is 1. The third-order valence-electron chi connectivity index (χ3n) is 6.78. The molecule has 2 atom stereocenters. The van der Waals surface area contributed by atoms with Crippen molar-refractivity contribution in [3.63, 3.8) is 0 Å². The Kier molecular flexibility index (Phi) is 9.52. The molecule has 1 unspecified atom stereocenters. The van der Waals surface area contributed by atoms with Gasteiger partial charge in [0.2, 0.25) is 15.9 Å². The van der Waals surface area contributed by atoms with Crippen LogP contribution in [0, 0.1) is 5.92 Å². The van der Waals surface area contributed by atoms with Crippen LogP contribution in [0.2, 0.25) is 10.0 Å². The largest absolute Gasteiger partial charge is 0.459 e. The highest BCUT2D eigenvalue weighted by molar-refractivity contribution is 7.89. The van der Waals surface area contributed by atoms with Crippen LogP contribution in [-0.2, 0) is 19.6 Å². The first-order chi connectivity index (χ1) is 17.7. The fourth-order valence-electron chi connectivity index (χ4n) is 4.82. The Balaban J connectivity index is 1.38. The number of carbonyl (C=O) groups is 2. The van der Waals surface area contributed by atoms with E-state index in [2.05, 4.69) is 10.6 Å². The number of halogens is 2. The number of nitrogens with zero attached hydrogens (tertiary/aromatic N) is 1. The molecule has 2 amide bonds. The topological polar surface area (TPSA) is 118 Å². The molecular weight excluding hydrogens is 541 g/mol. The van der Waals surface area contributed by atoms with Gasteiger partial charge in [-0.25, -0.2) is 8.42 Å². The van der Waals surface area contributed by atoms with Gasteiger partial charge >= 0.3 is 0 Å². The molecule has 2 heterocycles. The van der Waals surface area contributed by atoms with Gasteiger partial charge in [-0.3, -0.25) is 9.59 Å². The molecule has 1 aromatic heterocycles. The van der Waals surface area contributed by atoms with Gasteiger partial charge < -0.3 is 19.8 Å². The Labute approximate surface area is 226 Å². The molecule has 1 aliphatic carbocycles. The number of sulfonamides is 1. The fraction of sp³-hybridized carbons (Fsp3) is 0.520. The maximum absolute atomic E-state index is 13.2. The predicted molar refractivity (Wildman–Crippen MR) is 139 cm³/mol. The fourth-order valence-corrected chi connectivity index (χ4v) is 7.02. The standard InChI is InChI=1S/C25H31Cl2N3O6S/c26-18-8-9-23(20(27)14-18)37(33,34)30-10-12-35-19(16-30)15-28-24(31)21(13-17-5-2-1-3-6-17)29-25(32)22-7-4-11-36-22/h4,7-9,11,14,17,19,21H,1-3,5-6,10,12-13,15-16H2,(H,28,31)(H,29,32)/t19?,21-/m0/s1. The van der Waals surface area contributed by atoms with Crippen LogP contribution in [-0.4, -0.2) is 62.9 Å². The molecule has 37 heavy (non-hydrogen) atoms. The molecule has 202 valence electrons. The zero-order chi connectivity index (χ0) is 26.4. The lowest BCUT2D eigenvalue weighted by Crippen LogP contribution is -2.53. The van der Waals surface area contributed by atoms with Gasteiger partial charge in [0.25, 0.3) is 5.91 Å². The molecule has 12 heteroatoms. The van der Waals surface area contributed by atoms with E-state index in [-0.39, 0.29) is 47.8 Å². The van der Waals surface area contributed by atoms with Gasteiger partial charge in [0.15, 0.2) is 5.76 Å². The van der Waals surface area contributed by atoms with Crippen molar-refractivity contribution in [3.05, 3.63) is 52.4 Å². The van der Waals surface area contributed by atoms with E-state index in [0.29, 0.717) is 17.4 Å². The molecule has 4 rings (SSSR count). The summed E-state index contributed by atoms with van der Waals surface area (Å²) in [5.41, 5.74) is 0. The van der Waals surface area contributed by atoms with Gasteiger partial charge in [0.1, 0.15) is 10.9 Å². The zero-order valence-electron chi connectivity index (χ0n) is 20.3. The first-order valence-corrected chi connectivity index (χ1v) is 14.6. The molecule has 1 aromatic carbocycles. The van der Waals surface area contributed by atoms with Gasteiger partial charge in [0, 0.05) is 24.7 Å². The lowest BCUT2D eigenvalue weighted by atomic mass is 9.84. The Hall–Kier alpha value is -2.11. The number of carbonyl (C=O) groups excluding carboxylic acids is 2. The van der Waals surface area contributed by atoms with Crippen molar-refractivity contribution < 1.29 is 27.2 Å². The normalized spacial score (nSPS) is 20.3. The monoisotopic (exact) mass is 571 g/mol. The molecule has 0 spiro atoms. The smallest absolute Gasteiger partial charge is 0.287 e. The maximum atomic E-state index is 13.2. The Bertz CT molecular complexity index is 1190. The number of furan rings is 1. The molecule has 2 aliphatic rings. The summed E-state index contributed by atoms with van der Waals surface area (Å²) in [6.07, 6.45) is 6.83. The summed E-state index contributed by atoms with van der Waals surface area (Å²) in [5, 5.41) is 6.04. The highest BCUT2D eigenvalue weighted by atomic mass is 35.5. The summed E-state index contributed by atoms with van der Waals surface area (Å²) >= 11 is 12.1. The van der Waals surface area contributed by atoms with E-state index in [1.54, 1.807) is 12.1 Å². The average Bonchev–Trinajstić information content (AvgIpc) is 3.43. The van der Waals surface area contributed by atoms with Crippen LogP contribution >= 0.6 is 23.2 Å². The second-order valence-corrected chi connectivity index (χ2v) is 12.2. The third-order valence-corrected chi connectivity index (χ3v) is 9.36. The average molecular weight is 573 g/mol. The third kappa shape index (κ3) is 7.26. The van der Waals surface area contributed by atoms with Crippen molar-refractivity contribution in [1.82, 2.24) is 14.9 Å². The summed E-state index contributed by atoms with van der Waals surface area (Å²) in [5.74, 6) is -0.308. The SMILES string of the molecule is O=C(N[C@@H](CC1CCCCC1)C(=O)NCC1CN(S(=O)(=O)c2ccc(Cl)cc2Cl)CCO1)c1ccco1. The number of amides is 2. The first-order valence-electron chi connectivity index (χ1n) is 12.4. The molecular formula is C25H31Cl2N3O6S. The van der Waals surface area contributed by atoms with Gasteiger partial charge in [-0.2, -0.15) is 4.31 Å². The maximum Gasteiger partial charge on any atom is 0.287 e. The summed E-state index contributed by atoms with van der Waals surface area (Å²) in [7, 11) is -3.87. The summed E-state index contributed by atoms with van der Waals surface area (Å²) in [4.78, 5) is 25.7. The van der Waals surface area contributed by atoms with Crippen LogP contribution in [0.5, 0.6) is 0 Å². The molecule has 1 saturated carbocycles. The molecule has 2 N–H and O–H groups in total. The zero-order valence-corrected chi connectivity index (χ0v) is 22.7. The lowest BCUT2D eigenvalue weighted by molar-refractivity contribution is -0.124. The molecule has 2 fully saturated rings. The molecule has 9 nitrogen and oxygen atoms in total. The summed E-state index contributed by atoms with van der Waals surface area (Å²) < 4.78 is 38.5. The second kappa shape index (κ2) is 12.6. The van der Waals surface area contributed by atoms with Gasteiger partial charge in [-0.1, -0.05) is 55.3 Å². The van der Waals surface area contributed by atoms with Crippen LogP contribution in [0.3, 0.4) is 0 Å². The highest BCUT2D eigenvalue weighted by Gasteiger charge is 2.33. The minimum absolute atomic E-state index is 0.0311. The Morgan fingerprint density at radius 2 is 1.92 bits per heavy atom. The highest BCUT2D eigenvalue weighted by Crippen LogP contribution is 2.29. The molecule has 2 aromatic rings. The molecule has 1 saturated heterocycles. The van der Waals surface area contributed by atoms with E-state index < -0.39 is 28.1 Å². The van der Waals surface area contributed by atoms with Crippen LogP contribution in [0.15, 0.2) is 45.9 Å². The van der Waals surface area contributed by atoms with Gasteiger partial charge in [-0.05, 0) is 42.7 Å². The van der Waals surface area contributed by atoms with Crippen LogP contribution < -0.4 is 10.6 Å². The Morgan fingerprint density at radius 3 is 2.62 bits per heavy atom. The summed E-state index contributed by atoms with van der Waals surface area (Å²) in [6.45, 7) is 0.478. The second-order valence-electron chi connectivity index (χ2n) is 9.42. The van der Waals surface area contributed by atoms with Crippen molar-refractivity contribution in [2.45, 2.75) is 55.6 Å². The molecule has 0 radical (unpaired) electrons. The van der Waals surface area contributed by atoms with Crippen molar-refractivity contribution in [1.29, 1.82) is 0 Å². The summed E-state index contributed by atoms with van der Waals surface area (Å²) in [6, 6.07) is 6.66. The number of rotatable bonds is 9. The number of nitrogens with one attached hydrogen (secondary N) is 2. The molecule has 0 bridgehead atoms. The predicted octanol–water partition coefficient (Wildman–Crippen LogP) is 3.86. The van der Waals surface area contributed by atoms with Gasteiger partial charge in [0.05, 0.1) is 24.0 Å². The van der Waals surface area contributed by atoms with E-state index in [9.17, 15) is 18.0 Å². The van der Waals surface area contributed by atoms with Crippen LogP contribution in [0.25, 0.3) is 0 Å². The lowest BCUT2D eigenvalue weighted by Gasteiger charge is -2.33. The van der Waals surface area contributed by atoms with Crippen molar-refractivity contribution in [2.75, 3.05) is 26.2 Å². The van der Waals surface area contributed by atoms with Crippen molar-refractivity contribution in [3.8, 4) is 0 Å². The minimum Gasteiger partial charge on any atom is -0.459 e. The van der Waals surface area contributed by atoms with Crippen molar-refractivity contribution >= 4 is 45.0 Å². The number of hydrogen-bond donors (Lipinski definition) is 2. The first kappa shape index (κ1) is 27.9. The number of morpholine rings is 1. The van der Waals surface area contributed by atoms with Crippen LogP contribution in [0.1, 0.15) is 49.1 Å². The number of hydrogen-bond acceptors (Lipinski definition) is 6.